The maximum atomic E-state index is 14.0. The summed E-state index contributed by atoms with van der Waals surface area (Å²) in [6, 6.07) is 15.5. The Morgan fingerprint density at radius 3 is 2.17 bits per heavy atom. The highest BCUT2D eigenvalue weighted by Gasteiger charge is 2.36. The Morgan fingerprint density at radius 2 is 1.61 bits per heavy atom. The van der Waals surface area contributed by atoms with Crippen molar-refractivity contribution < 1.29 is 31.2 Å². The van der Waals surface area contributed by atoms with Gasteiger partial charge in [0.25, 0.3) is 10.0 Å². The van der Waals surface area contributed by atoms with E-state index in [-0.39, 0.29) is 22.9 Å². The Bertz CT molecular complexity index is 1470. The molecule has 3 aromatic carbocycles. The first-order valence-electron chi connectivity index (χ1n) is 12.9. The van der Waals surface area contributed by atoms with E-state index in [1.165, 1.54) is 29.2 Å². The van der Waals surface area contributed by atoms with Crippen molar-refractivity contribution in [3.05, 3.63) is 94.5 Å². The number of nitrogens with one attached hydrogen (secondary N) is 1. The number of sulfonamides is 1. The molecule has 0 aromatic heterocycles. The van der Waals surface area contributed by atoms with Crippen molar-refractivity contribution in [2.45, 2.75) is 50.9 Å². The van der Waals surface area contributed by atoms with Crippen molar-refractivity contribution in [2.75, 3.05) is 17.4 Å². The van der Waals surface area contributed by atoms with Gasteiger partial charge in [0.1, 0.15) is 12.6 Å². The molecule has 1 atom stereocenters. The van der Waals surface area contributed by atoms with Gasteiger partial charge in [-0.25, -0.2) is 8.42 Å². The molecule has 3 rings (SSSR count). The number of benzene rings is 3. The molecule has 0 radical (unpaired) electrons. The highest BCUT2D eigenvalue weighted by atomic mass is 35.5. The van der Waals surface area contributed by atoms with Gasteiger partial charge in [0.05, 0.1) is 21.2 Å². The van der Waals surface area contributed by atoms with Crippen LogP contribution in [0.2, 0.25) is 5.02 Å². The number of carbonyl (C=O) groups excluding carboxylic acids is 2. The number of hydrogen-bond acceptors (Lipinski definition) is 4. The molecule has 0 bridgehead atoms. The third-order valence-corrected chi connectivity index (χ3v) is 8.46. The SMILES string of the molecule is CCNC(=O)[C@@H](CC)N(Cc1ccc(C)cc1)C(=O)CN(c1cc(C(F)(F)F)ccc1Cl)S(=O)(=O)c1ccccc1. The Kier molecular flexibility index (Phi) is 10.4. The van der Waals surface area contributed by atoms with Crippen LogP contribution in [-0.2, 0) is 32.3 Å². The molecule has 41 heavy (non-hydrogen) atoms. The van der Waals surface area contributed by atoms with Crippen molar-refractivity contribution in [1.82, 2.24) is 10.2 Å². The van der Waals surface area contributed by atoms with E-state index in [0.29, 0.717) is 22.5 Å². The van der Waals surface area contributed by atoms with Gasteiger partial charge in [-0.3, -0.25) is 13.9 Å². The van der Waals surface area contributed by atoms with Crippen LogP contribution in [0.5, 0.6) is 0 Å². The highest BCUT2D eigenvalue weighted by molar-refractivity contribution is 7.92. The zero-order valence-corrected chi connectivity index (χ0v) is 24.4. The van der Waals surface area contributed by atoms with E-state index >= 15 is 0 Å². The number of aryl methyl sites for hydroxylation is 1. The molecule has 2 amide bonds. The van der Waals surface area contributed by atoms with Crippen LogP contribution in [0, 0.1) is 6.92 Å². The number of amides is 2. The lowest BCUT2D eigenvalue weighted by Crippen LogP contribution is -2.52. The minimum atomic E-state index is -4.80. The van der Waals surface area contributed by atoms with Crippen LogP contribution in [0.3, 0.4) is 0 Å². The molecule has 0 saturated heterocycles. The molecule has 1 N–H and O–H groups in total. The van der Waals surface area contributed by atoms with Crippen molar-refractivity contribution in [3.63, 3.8) is 0 Å². The van der Waals surface area contributed by atoms with Gasteiger partial charge in [0, 0.05) is 13.1 Å². The maximum absolute atomic E-state index is 14.0. The average Bonchev–Trinajstić information content (AvgIpc) is 2.93. The number of anilines is 1. The van der Waals surface area contributed by atoms with Crippen molar-refractivity contribution in [3.8, 4) is 0 Å². The number of halogens is 4. The fourth-order valence-electron chi connectivity index (χ4n) is 4.21. The molecule has 12 heteroatoms. The summed E-state index contributed by atoms with van der Waals surface area (Å²) in [6.07, 6.45) is -4.59. The molecular weight excluding hydrogens is 579 g/mol. The fourth-order valence-corrected chi connectivity index (χ4v) is 5.93. The van der Waals surface area contributed by atoms with Crippen molar-refractivity contribution in [1.29, 1.82) is 0 Å². The molecule has 220 valence electrons. The monoisotopic (exact) mass is 609 g/mol. The predicted octanol–water partition coefficient (Wildman–Crippen LogP) is 5.81. The van der Waals surface area contributed by atoms with Crippen LogP contribution < -0.4 is 9.62 Å². The van der Waals surface area contributed by atoms with E-state index in [9.17, 15) is 31.2 Å². The number of nitrogens with zero attached hydrogens (tertiary/aromatic N) is 2. The Balaban J connectivity index is 2.15. The third-order valence-electron chi connectivity index (χ3n) is 6.36. The third kappa shape index (κ3) is 7.80. The fraction of sp³-hybridized carbons (Fsp3) is 0.310. The first kappa shape index (κ1) is 32.0. The minimum absolute atomic E-state index is 0.0374. The van der Waals surface area contributed by atoms with E-state index < -0.39 is 51.9 Å². The lowest BCUT2D eigenvalue weighted by molar-refractivity contribution is -0.140. The summed E-state index contributed by atoms with van der Waals surface area (Å²) >= 11 is 6.26. The zero-order valence-electron chi connectivity index (χ0n) is 22.8. The van der Waals surface area contributed by atoms with Gasteiger partial charge in [-0.05, 0) is 56.2 Å². The topological polar surface area (TPSA) is 86.8 Å². The normalized spacial score (nSPS) is 12.5. The molecule has 3 aromatic rings. The van der Waals surface area contributed by atoms with E-state index in [1.807, 2.05) is 19.1 Å². The smallest absolute Gasteiger partial charge is 0.355 e. The first-order valence-corrected chi connectivity index (χ1v) is 14.7. The van der Waals surface area contributed by atoms with Crippen molar-refractivity contribution >= 4 is 39.1 Å². The summed E-state index contributed by atoms with van der Waals surface area (Å²) in [5, 5.41) is 2.39. The predicted molar refractivity (Wildman–Crippen MR) is 152 cm³/mol. The van der Waals surface area contributed by atoms with Gasteiger partial charge in [-0.15, -0.1) is 0 Å². The second-order valence-electron chi connectivity index (χ2n) is 9.31. The van der Waals surface area contributed by atoms with Crippen LogP contribution in [0.4, 0.5) is 18.9 Å². The summed E-state index contributed by atoms with van der Waals surface area (Å²) in [4.78, 5) is 27.9. The summed E-state index contributed by atoms with van der Waals surface area (Å²) in [6.45, 7) is 4.68. The van der Waals surface area contributed by atoms with Crippen LogP contribution >= 0.6 is 11.6 Å². The van der Waals surface area contributed by atoms with Gasteiger partial charge in [0.15, 0.2) is 0 Å². The molecule has 0 fully saturated rings. The Labute approximate surface area is 243 Å². The lowest BCUT2D eigenvalue weighted by Gasteiger charge is -2.33. The summed E-state index contributed by atoms with van der Waals surface area (Å²) in [7, 11) is -4.58. The molecule has 0 spiro atoms. The molecule has 0 unspecified atom stereocenters. The van der Waals surface area contributed by atoms with Gasteiger partial charge >= 0.3 is 6.18 Å². The van der Waals surface area contributed by atoms with Gasteiger partial charge in [0.2, 0.25) is 11.8 Å². The average molecular weight is 610 g/mol. The molecule has 0 saturated carbocycles. The zero-order chi connectivity index (χ0) is 30.4. The second-order valence-corrected chi connectivity index (χ2v) is 11.6. The van der Waals surface area contributed by atoms with E-state index in [1.54, 1.807) is 32.0 Å². The van der Waals surface area contributed by atoms with Crippen LogP contribution in [-0.4, -0.2) is 44.3 Å². The molecule has 0 heterocycles. The number of carbonyl (C=O) groups is 2. The van der Waals surface area contributed by atoms with Gasteiger partial charge < -0.3 is 10.2 Å². The Hall–Kier alpha value is -3.57. The van der Waals surface area contributed by atoms with Crippen LogP contribution in [0.25, 0.3) is 0 Å². The van der Waals surface area contributed by atoms with E-state index in [2.05, 4.69) is 5.32 Å². The largest absolute Gasteiger partial charge is 0.416 e. The van der Waals surface area contributed by atoms with Crippen LogP contribution in [0.1, 0.15) is 37.0 Å². The Morgan fingerprint density at radius 1 is 0.976 bits per heavy atom. The number of likely N-dealkylation sites (N-methyl/N-ethyl adjacent to an activating group) is 1. The first-order chi connectivity index (χ1) is 19.3. The molecule has 0 aliphatic heterocycles. The van der Waals surface area contributed by atoms with E-state index in [4.69, 9.17) is 11.6 Å². The summed E-state index contributed by atoms with van der Waals surface area (Å²) < 4.78 is 69.1. The highest BCUT2D eigenvalue weighted by Crippen LogP contribution is 2.37. The molecule has 7 nitrogen and oxygen atoms in total. The number of rotatable bonds is 11. The number of alkyl halides is 3. The summed E-state index contributed by atoms with van der Waals surface area (Å²) in [5.74, 6) is -1.23. The van der Waals surface area contributed by atoms with E-state index in [0.717, 1.165) is 17.7 Å². The lowest BCUT2D eigenvalue weighted by atomic mass is 10.1. The maximum Gasteiger partial charge on any atom is 0.416 e. The second kappa shape index (κ2) is 13.4. The number of hydrogen-bond donors (Lipinski definition) is 1. The summed E-state index contributed by atoms with van der Waals surface area (Å²) in [5.41, 5.74) is 0.00546. The molecular formula is C29H31ClF3N3O4S. The molecule has 0 aliphatic carbocycles. The van der Waals surface area contributed by atoms with Crippen LogP contribution in [0.15, 0.2) is 77.7 Å². The molecule has 0 aliphatic rings. The standard InChI is InChI=1S/C29H31ClF3N3O4S/c1-4-25(28(38)34-5-2)35(18-21-13-11-20(3)12-14-21)27(37)19-36(41(39,40)23-9-7-6-8-10-23)26-17-22(29(31,32)33)15-16-24(26)30/h6-17,25H,4-5,18-19H2,1-3H3,(H,34,38)/t25-/m1/s1. The quantitative estimate of drug-likeness (QED) is 0.297. The van der Waals surface area contributed by atoms with Gasteiger partial charge in [-0.2, -0.15) is 13.2 Å². The van der Waals surface area contributed by atoms with Gasteiger partial charge in [-0.1, -0.05) is 66.6 Å². The van der Waals surface area contributed by atoms with Crippen molar-refractivity contribution in [2.24, 2.45) is 0 Å². The minimum Gasteiger partial charge on any atom is -0.355 e.